The minimum atomic E-state index is -0.425. The molecule has 1 aromatic heterocycles. The number of thiophene rings is 1. The SMILES string of the molecule is COC(=O)c1sc2cc(NC(=S)NCCCc3ccccc3)ccc2c1Cl. The van der Waals surface area contributed by atoms with Crippen molar-refractivity contribution in [2.24, 2.45) is 0 Å². The normalized spacial score (nSPS) is 10.6. The molecule has 3 aromatic rings. The summed E-state index contributed by atoms with van der Waals surface area (Å²) in [4.78, 5) is 12.2. The summed E-state index contributed by atoms with van der Waals surface area (Å²) in [5, 5.41) is 8.21. The van der Waals surface area contributed by atoms with Crippen molar-refractivity contribution >= 4 is 62.0 Å². The van der Waals surface area contributed by atoms with Crippen molar-refractivity contribution < 1.29 is 9.53 Å². The predicted octanol–water partition coefficient (Wildman–Crippen LogP) is 5.26. The Balaban J connectivity index is 1.56. The van der Waals surface area contributed by atoms with Gasteiger partial charge in [-0.2, -0.15) is 0 Å². The third-order valence-corrected chi connectivity index (χ3v) is 5.91. The summed E-state index contributed by atoms with van der Waals surface area (Å²) in [5.74, 6) is -0.425. The van der Waals surface area contributed by atoms with Crippen LogP contribution < -0.4 is 10.6 Å². The number of hydrogen-bond donors (Lipinski definition) is 2. The second-order valence-electron chi connectivity index (χ2n) is 5.92. The molecule has 0 saturated carbocycles. The third kappa shape index (κ3) is 4.97. The third-order valence-electron chi connectivity index (χ3n) is 4.03. The zero-order valence-corrected chi connectivity index (χ0v) is 17.1. The number of methoxy groups -OCH3 is 1. The van der Waals surface area contributed by atoms with E-state index >= 15 is 0 Å². The number of carbonyl (C=O) groups is 1. The van der Waals surface area contributed by atoms with Crippen LogP contribution in [0.1, 0.15) is 21.7 Å². The summed E-state index contributed by atoms with van der Waals surface area (Å²) < 4.78 is 5.67. The maximum absolute atomic E-state index is 11.8. The van der Waals surface area contributed by atoms with Gasteiger partial charge < -0.3 is 15.4 Å². The number of esters is 1. The zero-order valence-electron chi connectivity index (χ0n) is 14.8. The number of carbonyl (C=O) groups excluding carboxylic acids is 1. The molecule has 27 heavy (non-hydrogen) atoms. The largest absolute Gasteiger partial charge is 0.465 e. The van der Waals surface area contributed by atoms with Crippen LogP contribution in [0.4, 0.5) is 5.69 Å². The van der Waals surface area contributed by atoms with Crippen molar-refractivity contribution in [1.29, 1.82) is 0 Å². The highest BCUT2D eigenvalue weighted by molar-refractivity contribution is 7.80. The molecule has 0 unspecified atom stereocenters. The number of rotatable bonds is 6. The lowest BCUT2D eigenvalue weighted by atomic mass is 10.1. The molecule has 4 nitrogen and oxygen atoms in total. The molecule has 0 aliphatic carbocycles. The standard InChI is InChI=1S/C20H19ClN2O2S2/c1-25-19(24)18-17(21)15-10-9-14(12-16(15)27-18)23-20(26)22-11-5-8-13-6-3-2-4-7-13/h2-4,6-7,9-10,12H,5,8,11H2,1H3,(H2,22,23,26). The van der Waals surface area contributed by atoms with E-state index in [1.807, 2.05) is 36.4 Å². The second-order valence-corrected chi connectivity index (χ2v) is 7.76. The Kier molecular flexibility index (Phi) is 6.66. The first kappa shape index (κ1) is 19.6. The number of ether oxygens (including phenoxy) is 1. The Morgan fingerprint density at radius 3 is 2.74 bits per heavy atom. The lowest BCUT2D eigenvalue weighted by Crippen LogP contribution is -2.29. The number of thiocarbonyl (C=S) groups is 1. The van der Waals surface area contributed by atoms with Crippen molar-refractivity contribution in [1.82, 2.24) is 5.32 Å². The highest BCUT2D eigenvalue weighted by Crippen LogP contribution is 2.37. The summed E-state index contributed by atoms with van der Waals surface area (Å²) in [7, 11) is 1.35. The van der Waals surface area contributed by atoms with E-state index in [1.165, 1.54) is 24.0 Å². The number of aryl methyl sites for hydroxylation is 1. The summed E-state index contributed by atoms with van der Waals surface area (Å²) in [6.45, 7) is 0.792. The summed E-state index contributed by atoms with van der Waals surface area (Å²) in [6.07, 6.45) is 2.00. The fourth-order valence-electron chi connectivity index (χ4n) is 2.68. The molecule has 0 amide bonds. The molecule has 0 fully saturated rings. The Morgan fingerprint density at radius 1 is 1.22 bits per heavy atom. The first-order chi connectivity index (χ1) is 13.1. The van der Waals surface area contributed by atoms with E-state index in [0.29, 0.717) is 15.0 Å². The van der Waals surface area contributed by atoms with Gasteiger partial charge in [-0.05, 0) is 48.8 Å². The van der Waals surface area contributed by atoms with Crippen LogP contribution in [0.5, 0.6) is 0 Å². The molecular weight excluding hydrogens is 400 g/mol. The maximum Gasteiger partial charge on any atom is 0.349 e. The maximum atomic E-state index is 11.8. The average Bonchev–Trinajstić information content (AvgIpc) is 3.01. The minimum absolute atomic E-state index is 0.410. The van der Waals surface area contributed by atoms with E-state index in [0.717, 1.165) is 35.2 Å². The van der Waals surface area contributed by atoms with Crippen LogP contribution >= 0.6 is 35.2 Å². The van der Waals surface area contributed by atoms with Gasteiger partial charge >= 0.3 is 5.97 Å². The lowest BCUT2D eigenvalue weighted by molar-refractivity contribution is 0.0606. The number of anilines is 1. The molecule has 0 atom stereocenters. The quantitative estimate of drug-likeness (QED) is 0.325. The van der Waals surface area contributed by atoms with Crippen molar-refractivity contribution in [3.8, 4) is 0 Å². The van der Waals surface area contributed by atoms with Gasteiger partial charge in [-0.1, -0.05) is 41.9 Å². The molecule has 7 heteroatoms. The van der Waals surface area contributed by atoms with E-state index in [4.69, 9.17) is 28.6 Å². The van der Waals surface area contributed by atoms with Crippen LogP contribution in [0.2, 0.25) is 5.02 Å². The first-order valence-electron chi connectivity index (χ1n) is 8.47. The van der Waals surface area contributed by atoms with Gasteiger partial charge in [0.2, 0.25) is 0 Å². The highest BCUT2D eigenvalue weighted by Gasteiger charge is 2.17. The Morgan fingerprint density at radius 2 is 2.00 bits per heavy atom. The second kappa shape index (κ2) is 9.17. The van der Waals surface area contributed by atoms with Crippen LogP contribution in [0, 0.1) is 0 Å². The van der Waals surface area contributed by atoms with E-state index < -0.39 is 5.97 Å². The Hall–Kier alpha value is -2.15. The summed E-state index contributed by atoms with van der Waals surface area (Å²) in [6, 6.07) is 16.1. The summed E-state index contributed by atoms with van der Waals surface area (Å²) in [5.41, 5.74) is 2.16. The van der Waals surface area contributed by atoms with E-state index in [-0.39, 0.29) is 0 Å². The van der Waals surface area contributed by atoms with Gasteiger partial charge in [-0.25, -0.2) is 4.79 Å². The van der Waals surface area contributed by atoms with Gasteiger partial charge in [0.1, 0.15) is 4.88 Å². The highest BCUT2D eigenvalue weighted by atomic mass is 35.5. The zero-order chi connectivity index (χ0) is 19.2. The summed E-state index contributed by atoms with van der Waals surface area (Å²) >= 11 is 12.9. The first-order valence-corrected chi connectivity index (χ1v) is 10.1. The Bertz CT molecular complexity index is 957. The van der Waals surface area contributed by atoms with Crippen molar-refractivity contribution in [3.63, 3.8) is 0 Å². The van der Waals surface area contributed by atoms with Crippen LogP contribution in [0.15, 0.2) is 48.5 Å². The van der Waals surface area contributed by atoms with Crippen molar-refractivity contribution in [2.45, 2.75) is 12.8 Å². The molecule has 1 heterocycles. The smallest absolute Gasteiger partial charge is 0.349 e. The molecule has 2 aromatic carbocycles. The van der Waals surface area contributed by atoms with E-state index in [2.05, 4.69) is 22.8 Å². The number of hydrogen-bond acceptors (Lipinski definition) is 4. The van der Waals surface area contributed by atoms with Gasteiger partial charge in [0.25, 0.3) is 0 Å². The lowest BCUT2D eigenvalue weighted by Gasteiger charge is -2.10. The minimum Gasteiger partial charge on any atom is -0.465 e. The van der Waals surface area contributed by atoms with Crippen LogP contribution in [-0.2, 0) is 11.2 Å². The molecule has 2 N–H and O–H groups in total. The van der Waals surface area contributed by atoms with Gasteiger partial charge in [0, 0.05) is 22.3 Å². The molecule has 0 saturated heterocycles. The molecule has 0 aliphatic rings. The van der Waals surface area contributed by atoms with Crippen LogP contribution in [0.25, 0.3) is 10.1 Å². The monoisotopic (exact) mass is 418 g/mol. The van der Waals surface area contributed by atoms with Gasteiger partial charge in [-0.15, -0.1) is 11.3 Å². The molecule has 3 rings (SSSR count). The number of fused-ring (bicyclic) bond motifs is 1. The van der Waals surface area contributed by atoms with Crippen LogP contribution in [0.3, 0.4) is 0 Å². The number of halogens is 1. The molecule has 0 radical (unpaired) electrons. The van der Waals surface area contributed by atoms with Gasteiger partial charge in [0.15, 0.2) is 5.11 Å². The van der Waals surface area contributed by atoms with Crippen molar-refractivity contribution in [2.75, 3.05) is 19.0 Å². The van der Waals surface area contributed by atoms with Crippen LogP contribution in [-0.4, -0.2) is 24.7 Å². The molecule has 0 aliphatic heterocycles. The van der Waals surface area contributed by atoms with Crippen molar-refractivity contribution in [3.05, 3.63) is 64.0 Å². The van der Waals surface area contributed by atoms with Gasteiger partial charge in [0.05, 0.1) is 12.1 Å². The average molecular weight is 419 g/mol. The fourth-order valence-corrected chi connectivity index (χ4v) is 4.37. The molecule has 0 bridgehead atoms. The van der Waals surface area contributed by atoms with E-state index in [9.17, 15) is 4.79 Å². The predicted molar refractivity (Wildman–Crippen MR) is 117 cm³/mol. The molecule has 0 spiro atoms. The Labute approximate surface area is 172 Å². The molecular formula is C20H19ClN2O2S2. The topological polar surface area (TPSA) is 50.4 Å². The fraction of sp³-hybridized carbons (Fsp3) is 0.200. The number of nitrogens with one attached hydrogen (secondary N) is 2. The van der Waals surface area contributed by atoms with E-state index in [1.54, 1.807) is 0 Å². The van der Waals surface area contributed by atoms with Gasteiger partial charge in [-0.3, -0.25) is 0 Å². The molecule has 140 valence electrons. The number of benzene rings is 2.